The summed E-state index contributed by atoms with van der Waals surface area (Å²) >= 11 is 1.59. The van der Waals surface area contributed by atoms with Gasteiger partial charge in [-0.3, -0.25) is 9.59 Å². The number of carbonyl (C=O) groups excluding carboxylic acids is 2. The lowest BCUT2D eigenvalue weighted by molar-refractivity contribution is -0.125. The van der Waals surface area contributed by atoms with E-state index in [4.69, 9.17) is 0 Å². The van der Waals surface area contributed by atoms with Gasteiger partial charge < -0.3 is 5.32 Å². The fraction of sp³-hybridized carbons (Fsp3) is 0.562. The fourth-order valence-electron chi connectivity index (χ4n) is 2.97. The van der Waals surface area contributed by atoms with Gasteiger partial charge in [-0.1, -0.05) is 19.3 Å². The van der Waals surface area contributed by atoms with Crippen molar-refractivity contribution in [2.45, 2.75) is 44.9 Å². The summed E-state index contributed by atoms with van der Waals surface area (Å²) in [5.41, 5.74) is 0.924. The van der Waals surface area contributed by atoms with Crippen LogP contribution in [0.2, 0.25) is 0 Å². The van der Waals surface area contributed by atoms with Crippen LogP contribution < -0.4 is 5.32 Å². The standard InChI is InChI=1S/C16H20N2O2S/c19-12-6-7-13-14(10-12)21-15(18-13)8-9-17-16(20)11-4-2-1-3-5-11/h6-7,11H,1-5,8-10H2,(H,17,20). The van der Waals surface area contributed by atoms with Crippen LogP contribution in [0.5, 0.6) is 0 Å². The van der Waals surface area contributed by atoms with E-state index in [1.807, 2.05) is 0 Å². The van der Waals surface area contributed by atoms with Gasteiger partial charge in [0.1, 0.15) is 0 Å². The van der Waals surface area contributed by atoms with Gasteiger partial charge in [0, 0.05) is 30.2 Å². The van der Waals surface area contributed by atoms with Gasteiger partial charge in [0.05, 0.1) is 10.7 Å². The van der Waals surface area contributed by atoms with Crippen molar-refractivity contribution in [1.29, 1.82) is 0 Å². The number of carbonyl (C=O) groups is 2. The quantitative estimate of drug-likeness (QED) is 0.930. The zero-order valence-electron chi connectivity index (χ0n) is 12.1. The first kappa shape index (κ1) is 14.4. The van der Waals surface area contributed by atoms with E-state index in [1.165, 1.54) is 19.3 Å². The van der Waals surface area contributed by atoms with Crippen LogP contribution in [0.3, 0.4) is 0 Å². The minimum Gasteiger partial charge on any atom is -0.355 e. The number of nitrogens with zero attached hydrogens (tertiary/aromatic N) is 1. The molecule has 1 aromatic rings. The summed E-state index contributed by atoms with van der Waals surface area (Å²) in [6, 6.07) is 0. The van der Waals surface area contributed by atoms with E-state index in [2.05, 4.69) is 10.3 Å². The Labute approximate surface area is 128 Å². The lowest BCUT2D eigenvalue weighted by atomic mass is 9.89. The molecule has 112 valence electrons. The lowest BCUT2D eigenvalue weighted by Crippen LogP contribution is -2.33. The molecule has 4 nitrogen and oxygen atoms in total. The molecule has 0 spiro atoms. The third-order valence-corrected chi connectivity index (χ3v) is 5.28. The van der Waals surface area contributed by atoms with Crippen LogP contribution in [0.4, 0.5) is 0 Å². The fourth-order valence-corrected chi connectivity index (χ4v) is 4.03. The molecule has 2 aliphatic rings. The molecule has 0 atom stereocenters. The van der Waals surface area contributed by atoms with Crippen LogP contribution >= 0.6 is 11.3 Å². The normalized spacial score (nSPS) is 18.6. The van der Waals surface area contributed by atoms with Crippen LogP contribution in [-0.2, 0) is 22.4 Å². The molecule has 1 fully saturated rings. The van der Waals surface area contributed by atoms with E-state index < -0.39 is 0 Å². The van der Waals surface area contributed by atoms with Crippen molar-refractivity contribution in [3.8, 4) is 0 Å². The molecule has 3 rings (SSSR count). The predicted octanol–water partition coefficient (Wildman–Crippen LogP) is 2.52. The van der Waals surface area contributed by atoms with Crippen molar-refractivity contribution in [1.82, 2.24) is 10.3 Å². The molecular formula is C16H20N2O2S. The van der Waals surface area contributed by atoms with Gasteiger partial charge in [0.25, 0.3) is 0 Å². The van der Waals surface area contributed by atoms with Crippen LogP contribution in [0.15, 0.2) is 6.08 Å². The average Bonchev–Trinajstić information content (AvgIpc) is 2.89. The van der Waals surface area contributed by atoms with Crippen molar-refractivity contribution in [2.24, 2.45) is 5.92 Å². The number of hydrogen-bond acceptors (Lipinski definition) is 4. The second kappa shape index (κ2) is 6.52. The molecule has 0 saturated heterocycles. The van der Waals surface area contributed by atoms with Crippen LogP contribution in [-0.4, -0.2) is 23.2 Å². The molecule has 0 bridgehead atoms. The van der Waals surface area contributed by atoms with E-state index in [1.54, 1.807) is 23.5 Å². The molecule has 0 aromatic carbocycles. The molecule has 0 aliphatic heterocycles. The molecular weight excluding hydrogens is 284 g/mol. The third-order valence-electron chi connectivity index (χ3n) is 4.15. The Morgan fingerprint density at radius 1 is 1.29 bits per heavy atom. The number of fused-ring (bicyclic) bond motifs is 1. The van der Waals surface area contributed by atoms with Crippen molar-refractivity contribution in [3.63, 3.8) is 0 Å². The maximum absolute atomic E-state index is 12.0. The van der Waals surface area contributed by atoms with Gasteiger partial charge in [0.15, 0.2) is 5.78 Å². The lowest BCUT2D eigenvalue weighted by Gasteiger charge is -2.20. The maximum atomic E-state index is 12.0. The van der Waals surface area contributed by atoms with Gasteiger partial charge in [-0.2, -0.15) is 0 Å². The zero-order valence-corrected chi connectivity index (χ0v) is 12.9. The molecule has 21 heavy (non-hydrogen) atoms. The zero-order chi connectivity index (χ0) is 14.7. The number of nitrogens with one attached hydrogen (secondary N) is 1. The number of aromatic nitrogens is 1. The number of amides is 1. The molecule has 0 radical (unpaired) electrons. The van der Waals surface area contributed by atoms with Crippen LogP contribution in [0.1, 0.15) is 47.7 Å². The summed E-state index contributed by atoms with van der Waals surface area (Å²) in [6.07, 6.45) is 10.3. The summed E-state index contributed by atoms with van der Waals surface area (Å²) < 4.78 is 0. The summed E-state index contributed by atoms with van der Waals surface area (Å²) in [5.74, 6) is 0.554. The second-order valence-corrected chi connectivity index (χ2v) is 6.94. The van der Waals surface area contributed by atoms with Crippen molar-refractivity contribution in [3.05, 3.63) is 21.7 Å². The second-order valence-electron chi connectivity index (χ2n) is 5.77. The Morgan fingerprint density at radius 2 is 2.10 bits per heavy atom. The summed E-state index contributed by atoms with van der Waals surface area (Å²) in [4.78, 5) is 29.0. The minimum atomic E-state index is 0.142. The van der Waals surface area contributed by atoms with Crippen molar-refractivity contribution in [2.75, 3.05) is 6.54 Å². The Kier molecular flexibility index (Phi) is 4.48. The Balaban J connectivity index is 1.48. The monoisotopic (exact) mass is 304 g/mol. The average molecular weight is 304 g/mol. The van der Waals surface area contributed by atoms with Gasteiger partial charge in [0.2, 0.25) is 5.91 Å². The molecule has 0 unspecified atom stereocenters. The van der Waals surface area contributed by atoms with Crippen molar-refractivity contribution >= 4 is 29.1 Å². The molecule has 1 N–H and O–H groups in total. The van der Waals surface area contributed by atoms with E-state index in [9.17, 15) is 9.59 Å². The highest BCUT2D eigenvalue weighted by molar-refractivity contribution is 7.12. The van der Waals surface area contributed by atoms with Crippen LogP contribution in [0, 0.1) is 5.92 Å². The first-order valence-corrected chi connectivity index (χ1v) is 8.51. The van der Waals surface area contributed by atoms with Gasteiger partial charge in [-0.15, -0.1) is 11.3 Å². The number of thiazole rings is 1. The molecule has 1 saturated carbocycles. The smallest absolute Gasteiger partial charge is 0.223 e. The molecule has 1 aromatic heterocycles. The van der Waals surface area contributed by atoms with Gasteiger partial charge >= 0.3 is 0 Å². The highest BCUT2D eigenvalue weighted by Gasteiger charge is 2.21. The highest BCUT2D eigenvalue weighted by Crippen LogP contribution is 2.25. The Bertz CT molecular complexity index is 571. The summed E-state index contributed by atoms with van der Waals surface area (Å²) in [7, 11) is 0. The summed E-state index contributed by atoms with van der Waals surface area (Å²) in [5, 5.41) is 4.04. The van der Waals surface area contributed by atoms with E-state index in [0.29, 0.717) is 13.0 Å². The van der Waals surface area contributed by atoms with Crippen molar-refractivity contribution < 1.29 is 9.59 Å². The number of rotatable bonds is 4. The number of ketones is 1. The minimum absolute atomic E-state index is 0.142. The molecule has 5 heteroatoms. The topological polar surface area (TPSA) is 59.1 Å². The SMILES string of the molecule is O=C1C=Cc2nc(CCNC(=O)C3CCCCC3)sc2C1. The van der Waals surface area contributed by atoms with E-state index >= 15 is 0 Å². The highest BCUT2D eigenvalue weighted by atomic mass is 32.1. The summed E-state index contributed by atoms with van der Waals surface area (Å²) in [6.45, 7) is 0.638. The maximum Gasteiger partial charge on any atom is 0.223 e. The molecule has 2 aliphatic carbocycles. The van der Waals surface area contributed by atoms with E-state index in [0.717, 1.165) is 34.8 Å². The number of allylic oxidation sites excluding steroid dienone is 1. The largest absolute Gasteiger partial charge is 0.355 e. The molecule has 1 heterocycles. The Hall–Kier alpha value is -1.49. The van der Waals surface area contributed by atoms with Gasteiger partial charge in [-0.25, -0.2) is 4.98 Å². The first-order valence-electron chi connectivity index (χ1n) is 7.69. The Morgan fingerprint density at radius 3 is 2.90 bits per heavy atom. The number of hydrogen-bond donors (Lipinski definition) is 1. The molecule has 1 amide bonds. The predicted molar refractivity (Wildman–Crippen MR) is 83.1 cm³/mol. The van der Waals surface area contributed by atoms with Crippen LogP contribution in [0.25, 0.3) is 6.08 Å². The van der Waals surface area contributed by atoms with E-state index in [-0.39, 0.29) is 17.6 Å². The third kappa shape index (κ3) is 3.59. The van der Waals surface area contributed by atoms with Gasteiger partial charge in [-0.05, 0) is 25.0 Å². The first-order chi connectivity index (χ1) is 10.2.